The van der Waals surface area contributed by atoms with Gasteiger partial charge in [-0.15, -0.1) is 0 Å². The van der Waals surface area contributed by atoms with Crippen LogP contribution in [0.2, 0.25) is 0 Å². The van der Waals surface area contributed by atoms with E-state index in [1.54, 1.807) is 0 Å². The number of benzene rings is 1. The minimum Gasteiger partial charge on any atom is -0.352 e. The first-order valence-corrected chi connectivity index (χ1v) is 6.50. The Labute approximate surface area is 108 Å². The SMILES string of the molecule is Cc1ccc(C(NCCNC(N)=O)C2CC2)cc1. The Morgan fingerprint density at radius 2 is 2.00 bits per heavy atom. The maximum absolute atomic E-state index is 10.6. The summed E-state index contributed by atoms with van der Waals surface area (Å²) in [6.45, 7) is 3.42. The van der Waals surface area contributed by atoms with E-state index in [0.717, 1.165) is 12.5 Å². The molecule has 2 amide bonds. The largest absolute Gasteiger partial charge is 0.352 e. The number of amides is 2. The van der Waals surface area contributed by atoms with Gasteiger partial charge in [0.2, 0.25) is 0 Å². The maximum atomic E-state index is 10.6. The highest BCUT2D eigenvalue weighted by Crippen LogP contribution is 2.40. The molecule has 0 saturated heterocycles. The van der Waals surface area contributed by atoms with Crippen LogP contribution in [0.4, 0.5) is 4.79 Å². The average molecular weight is 247 g/mol. The second-order valence-corrected chi connectivity index (χ2v) is 4.97. The average Bonchev–Trinajstić information content (AvgIpc) is 3.15. The van der Waals surface area contributed by atoms with Crippen LogP contribution in [-0.4, -0.2) is 19.1 Å². The molecule has 1 aromatic carbocycles. The number of carbonyl (C=O) groups excluding carboxylic acids is 1. The highest BCUT2D eigenvalue weighted by molar-refractivity contribution is 5.71. The minimum atomic E-state index is -0.463. The number of rotatable bonds is 6. The van der Waals surface area contributed by atoms with Gasteiger partial charge in [0.15, 0.2) is 0 Å². The number of primary amides is 1. The van der Waals surface area contributed by atoms with Gasteiger partial charge in [-0.1, -0.05) is 29.8 Å². The fourth-order valence-corrected chi connectivity index (χ4v) is 2.17. The van der Waals surface area contributed by atoms with E-state index in [9.17, 15) is 4.79 Å². The molecule has 1 unspecified atom stereocenters. The summed E-state index contributed by atoms with van der Waals surface area (Å²) in [4.78, 5) is 10.6. The Morgan fingerprint density at radius 1 is 1.33 bits per heavy atom. The number of hydrogen-bond donors (Lipinski definition) is 3. The van der Waals surface area contributed by atoms with Crippen molar-refractivity contribution in [3.63, 3.8) is 0 Å². The van der Waals surface area contributed by atoms with Gasteiger partial charge >= 0.3 is 6.03 Å². The van der Waals surface area contributed by atoms with Crippen LogP contribution in [0.5, 0.6) is 0 Å². The quantitative estimate of drug-likeness (QED) is 0.670. The molecule has 1 fully saturated rings. The lowest BCUT2D eigenvalue weighted by Crippen LogP contribution is -2.36. The molecule has 4 nitrogen and oxygen atoms in total. The lowest BCUT2D eigenvalue weighted by molar-refractivity contribution is 0.248. The van der Waals surface area contributed by atoms with Gasteiger partial charge in [0.05, 0.1) is 0 Å². The summed E-state index contributed by atoms with van der Waals surface area (Å²) >= 11 is 0. The monoisotopic (exact) mass is 247 g/mol. The van der Waals surface area contributed by atoms with Gasteiger partial charge in [0.25, 0.3) is 0 Å². The van der Waals surface area contributed by atoms with Crippen LogP contribution in [0.25, 0.3) is 0 Å². The number of nitrogens with two attached hydrogens (primary N) is 1. The van der Waals surface area contributed by atoms with Gasteiger partial charge < -0.3 is 16.4 Å². The van der Waals surface area contributed by atoms with E-state index < -0.39 is 6.03 Å². The summed E-state index contributed by atoms with van der Waals surface area (Å²) in [5.41, 5.74) is 7.65. The van der Waals surface area contributed by atoms with Crippen molar-refractivity contribution >= 4 is 6.03 Å². The number of nitrogens with one attached hydrogen (secondary N) is 2. The molecule has 1 atom stereocenters. The first-order valence-electron chi connectivity index (χ1n) is 6.50. The summed E-state index contributed by atoms with van der Waals surface area (Å²) < 4.78 is 0. The van der Waals surface area contributed by atoms with E-state index in [4.69, 9.17) is 5.73 Å². The van der Waals surface area contributed by atoms with E-state index in [-0.39, 0.29) is 0 Å². The molecule has 98 valence electrons. The molecule has 2 rings (SSSR count). The molecule has 0 aromatic heterocycles. The van der Waals surface area contributed by atoms with E-state index >= 15 is 0 Å². The van der Waals surface area contributed by atoms with Crippen molar-refractivity contribution in [3.8, 4) is 0 Å². The van der Waals surface area contributed by atoms with E-state index in [2.05, 4.69) is 41.8 Å². The third-order valence-corrected chi connectivity index (χ3v) is 3.32. The molecular weight excluding hydrogens is 226 g/mol. The second-order valence-electron chi connectivity index (χ2n) is 4.97. The van der Waals surface area contributed by atoms with Gasteiger partial charge in [-0.2, -0.15) is 0 Å². The van der Waals surface area contributed by atoms with Gasteiger partial charge in [0.1, 0.15) is 0 Å². The standard InChI is InChI=1S/C14H21N3O/c1-10-2-4-11(5-3-10)13(12-6-7-12)16-8-9-17-14(15)18/h2-5,12-13,16H,6-9H2,1H3,(H3,15,17,18). The van der Waals surface area contributed by atoms with Gasteiger partial charge in [-0.3, -0.25) is 0 Å². The summed E-state index contributed by atoms with van der Waals surface area (Å²) in [5, 5.41) is 6.10. The van der Waals surface area contributed by atoms with Gasteiger partial charge in [-0.25, -0.2) is 4.79 Å². The van der Waals surface area contributed by atoms with Crippen molar-refractivity contribution in [2.45, 2.75) is 25.8 Å². The zero-order chi connectivity index (χ0) is 13.0. The first kappa shape index (κ1) is 12.9. The number of carbonyl (C=O) groups is 1. The normalized spacial score (nSPS) is 16.3. The third-order valence-electron chi connectivity index (χ3n) is 3.32. The highest BCUT2D eigenvalue weighted by Gasteiger charge is 2.31. The molecule has 1 aromatic rings. The van der Waals surface area contributed by atoms with Crippen LogP contribution in [0.3, 0.4) is 0 Å². The molecule has 0 spiro atoms. The topological polar surface area (TPSA) is 67.2 Å². The summed E-state index contributed by atoms with van der Waals surface area (Å²) in [6.07, 6.45) is 2.57. The van der Waals surface area contributed by atoms with E-state index in [1.165, 1.54) is 24.0 Å². The van der Waals surface area contributed by atoms with Crippen molar-refractivity contribution in [2.75, 3.05) is 13.1 Å². The fourth-order valence-electron chi connectivity index (χ4n) is 2.17. The Hall–Kier alpha value is -1.55. The molecule has 1 aliphatic rings. The Morgan fingerprint density at radius 3 is 2.56 bits per heavy atom. The third kappa shape index (κ3) is 3.74. The maximum Gasteiger partial charge on any atom is 0.312 e. The number of aryl methyl sites for hydroxylation is 1. The zero-order valence-corrected chi connectivity index (χ0v) is 10.8. The van der Waals surface area contributed by atoms with Crippen LogP contribution in [0.15, 0.2) is 24.3 Å². The van der Waals surface area contributed by atoms with Crippen molar-refractivity contribution in [1.82, 2.24) is 10.6 Å². The molecule has 4 N–H and O–H groups in total. The molecule has 4 heteroatoms. The molecule has 1 saturated carbocycles. The molecular formula is C14H21N3O. The predicted molar refractivity (Wildman–Crippen MR) is 72.2 cm³/mol. The first-order chi connectivity index (χ1) is 8.66. The molecule has 0 bridgehead atoms. The van der Waals surface area contributed by atoms with Crippen molar-refractivity contribution in [1.29, 1.82) is 0 Å². The summed E-state index contributed by atoms with van der Waals surface area (Å²) in [5.74, 6) is 0.737. The molecule has 0 heterocycles. The minimum absolute atomic E-state index is 0.403. The Kier molecular flexibility index (Phi) is 4.20. The van der Waals surface area contributed by atoms with Crippen molar-refractivity contribution in [2.24, 2.45) is 11.7 Å². The van der Waals surface area contributed by atoms with Crippen LogP contribution >= 0.6 is 0 Å². The Bertz CT molecular complexity index is 398. The van der Waals surface area contributed by atoms with Crippen LogP contribution < -0.4 is 16.4 Å². The molecule has 18 heavy (non-hydrogen) atoms. The van der Waals surface area contributed by atoms with E-state index in [0.29, 0.717) is 12.6 Å². The fraction of sp³-hybridized carbons (Fsp3) is 0.500. The zero-order valence-electron chi connectivity index (χ0n) is 10.8. The summed E-state index contributed by atoms with van der Waals surface area (Å²) in [7, 11) is 0. The van der Waals surface area contributed by atoms with Crippen molar-refractivity contribution in [3.05, 3.63) is 35.4 Å². The van der Waals surface area contributed by atoms with E-state index in [1.807, 2.05) is 0 Å². The highest BCUT2D eigenvalue weighted by atomic mass is 16.2. The summed E-state index contributed by atoms with van der Waals surface area (Å²) in [6, 6.07) is 8.61. The number of hydrogen-bond acceptors (Lipinski definition) is 2. The lowest BCUT2D eigenvalue weighted by Gasteiger charge is -2.19. The Balaban J connectivity index is 1.88. The molecule has 0 aliphatic heterocycles. The van der Waals surface area contributed by atoms with Crippen LogP contribution in [0, 0.1) is 12.8 Å². The predicted octanol–water partition coefficient (Wildman–Crippen LogP) is 1.70. The lowest BCUT2D eigenvalue weighted by atomic mass is 10.0. The van der Waals surface area contributed by atoms with Gasteiger partial charge in [-0.05, 0) is 31.2 Å². The number of urea groups is 1. The molecule has 1 aliphatic carbocycles. The second kappa shape index (κ2) is 5.87. The smallest absolute Gasteiger partial charge is 0.312 e. The van der Waals surface area contributed by atoms with Crippen LogP contribution in [-0.2, 0) is 0 Å². The van der Waals surface area contributed by atoms with Crippen LogP contribution in [0.1, 0.15) is 30.0 Å². The molecule has 0 radical (unpaired) electrons. The van der Waals surface area contributed by atoms with Gasteiger partial charge in [0, 0.05) is 19.1 Å². The van der Waals surface area contributed by atoms with Crippen molar-refractivity contribution < 1.29 is 4.79 Å².